The predicted octanol–water partition coefficient (Wildman–Crippen LogP) is 3.35. The van der Waals surface area contributed by atoms with Crippen LogP contribution in [-0.4, -0.2) is 16.5 Å². The molecule has 0 spiro atoms. The van der Waals surface area contributed by atoms with Crippen molar-refractivity contribution in [2.45, 2.75) is 39.2 Å². The lowest BCUT2D eigenvalue weighted by Crippen LogP contribution is -2.38. The van der Waals surface area contributed by atoms with Gasteiger partial charge in [0.2, 0.25) is 0 Å². The number of halogens is 1. The number of hydrogen-bond acceptors (Lipinski definition) is 2. The van der Waals surface area contributed by atoms with E-state index in [0.29, 0.717) is 5.92 Å². The maximum Gasteiger partial charge on any atom is 0.302 e. The molecule has 0 saturated heterocycles. The Labute approximate surface area is 106 Å². The third-order valence-corrected chi connectivity index (χ3v) is 4.49. The molecule has 1 fully saturated rings. The topological polar surface area (TPSA) is 26.3 Å². The monoisotopic (exact) mass is 322 g/mol. The van der Waals surface area contributed by atoms with E-state index in [0.717, 1.165) is 23.7 Å². The van der Waals surface area contributed by atoms with E-state index < -0.39 is 0 Å². The molecule has 1 aliphatic carbocycles. The fourth-order valence-electron chi connectivity index (χ4n) is 2.31. The second-order valence-corrected chi connectivity index (χ2v) is 5.45. The summed E-state index contributed by atoms with van der Waals surface area (Å²) in [5.74, 6) is 0.502. The Balaban J connectivity index is 2.66. The Hall–Kier alpha value is -0.0600. The van der Waals surface area contributed by atoms with Crippen LogP contribution in [0.1, 0.15) is 33.1 Å². The van der Waals surface area contributed by atoms with Gasteiger partial charge in [0.15, 0.2) is 0 Å². The second-order valence-electron chi connectivity index (χ2n) is 4.57. The van der Waals surface area contributed by atoms with Crippen molar-refractivity contribution in [1.29, 1.82) is 0 Å². The Morgan fingerprint density at radius 2 is 2.33 bits per heavy atom. The number of hydrogen-bond donors (Lipinski definition) is 0. The van der Waals surface area contributed by atoms with Crippen molar-refractivity contribution in [3.63, 3.8) is 0 Å². The van der Waals surface area contributed by atoms with E-state index in [2.05, 4.69) is 36.1 Å². The lowest BCUT2D eigenvalue weighted by atomic mass is 9.67. The van der Waals surface area contributed by atoms with E-state index in [1.807, 2.05) is 6.08 Å². The van der Waals surface area contributed by atoms with Crippen molar-refractivity contribution in [2.24, 2.45) is 11.3 Å². The molecule has 3 atom stereocenters. The fraction of sp³-hybridized carbons (Fsp3) is 0.750. The molecule has 3 heteroatoms. The minimum Gasteiger partial charge on any atom is -0.463 e. The molecule has 15 heavy (non-hydrogen) atoms. The van der Waals surface area contributed by atoms with Crippen LogP contribution in [0.15, 0.2) is 12.7 Å². The van der Waals surface area contributed by atoms with Gasteiger partial charge in [0, 0.05) is 11.4 Å². The summed E-state index contributed by atoms with van der Waals surface area (Å²) < 4.78 is 6.44. The molecular formula is C12H19IO2. The molecule has 0 bridgehead atoms. The molecule has 0 aliphatic heterocycles. The van der Waals surface area contributed by atoms with Crippen LogP contribution in [0.4, 0.5) is 0 Å². The Morgan fingerprint density at radius 3 is 2.80 bits per heavy atom. The van der Waals surface area contributed by atoms with Gasteiger partial charge in [-0.25, -0.2) is 0 Å². The summed E-state index contributed by atoms with van der Waals surface area (Å²) in [4.78, 5) is 10.9. The van der Waals surface area contributed by atoms with Crippen molar-refractivity contribution in [3.05, 3.63) is 12.7 Å². The molecule has 86 valence electrons. The zero-order valence-corrected chi connectivity index (χ0v) is 11.6. The van der Waals surface area contributed by atoms with Gasteiger partial charge in [0.05, 0.1) is 0 Å². The minimum atomic E-state index is -0.167. The third kappa shape index (κ3) is 3.20. The number of allylic oxidation sites excluding steroid dienone is 1. The summed E-state index contributed by atoms with van der Waals surface area (Å²) in [5.41, 5.74) is 0.125. The van der Waals surface area contributed by atoms with E-state index >= 15 is 0 Å². The van der Waals surface area contributed by atoms with Gasteiger partial charge >= 0.3 is 5.97 Å². The van der Waals surface area contributed by atoms with Crippen LogP contribution in [0.25, 0.3) is 0 Å². The van der Waals surface area contributed by atoms with E-state index in [9.17, 15) is 4.79 Å². The van der Waals surface area contributed by atoms with E-state index in [4.69, 9.17) is 4.74 Å². The third-order valence-electron chi connectivity index (χ3n) is 3.42. The number of esters is 1. The molecule has 0 aromatic heterocycles. The molecule has 1 aliphatic rings. The van der Waals surface area contributed by atoms with Crippen LogP contribution in [0.3, 0.4) is 0 Å². The Morgan fingerprint density at radius 1 is 1.67 bits per heavy atom. The lowest BCUT2D eigenvalue weighted by molar-refractivity contribution is -0.150. The highest BCUT2D eigenvalue weighted by molar-refractivity contribution is 14.1. The van der Waals surface area contributed by atoms with Crippen LogP contribution >= 0.6 is 22.6 Å². The maximum absolute atomic E-state index is 10.9. The van der Waals surface area contributed by atoms with Crippen molar-refractivity contribution in [2.75, 3.05) is 4.43 Å². The van der Waals surface area contributed by atoms with Crippen LogP contribution in [0.2, 0.25) is 0 Å². The number of carbonyl (C=O) groups is 1. The predicted molar refractivity (Wildman–Crippen MR) is 70.1 cm³/mol. The summed E-state index contributed by atoms with van der Waals surface area (Å²) >= 11 is 2.43. The summed E-state index contributed by atoms with van der Waals surface area (Å²) in [6.07, 6.45) is 5.17. The molecule has 0 aromatic carbocycles. The van der Waals surface area contributed by atoms with Gasteiger partial charge in [0.1, 0.15) is 6.10 Å². The zero-order valence-electron chi connectivity index (χ0n) is 9.46. The van der Waals surface area contributed by atoms with Crippen LogP contribution in [-0.2, 0) is 9.53 Å². The van der Waals surface area contributed by atoms with Gasteiger partial charge in [0.25, 0.3) is 0 Å². The van der Waals surface area contributed by atoms with Crippen LogP contribution in [0, 0.1) is 11.3 Å². The average molecular weight is 322 g/mol. The van der Waals surface area contributed by atoms with Crippen LogP contribution in [0.5, 0.6) is 0 Å². The van der Waals surface area contributed by atoms with Crippen LogP contribution < -0.4 is 0 Å². The average Bonchev–Trinajstić information content (AvgIpc) is 2.17. The molecule has 1 rings (SSSR count). The van der Waals surface area contributed by atoms with E-state index in [-0.39, 0.29) is 17.5 Å². The van der Waals surface area contributed by atoms with Crippen molar-refractivity contribution < 1.29 is 9.53 Å². The first-order valence-electron chi connectivity index (χ1n) is 5.38. The first-order valence-corrected chi connectivity index (χ1v) is 6.91. The highest BCUT2D eigenvalue weighted by Gasteiger charge is 2.38. The number of alkyl halides is 1. The zero-order chi connectivity index (χ0) is 11.5. The van der Waals surface area contributed by atoms with Gasteiger partial charge in [-0.1, -0.05) is 35.6 Å². The molecular weight excluding hydrogens is 303 g/mol. The Bertz CT molecular complexity index is 252. The first-order chi connectivity index (χ1) is 7.01. The molecule has 0 radical (unpaired) electrons. The highest BCUT2D eigenvalue weighted by atomic mass is 127. The molecule has 1 saturated carbocycles. The molecule has 0 unspecified atom stereocenters. The highest BCUT2D eigenvalue weighted by Crippen LogP contribution is 2.43. The summed E-state index contributed by atoms with van der Waals surface area (Å²) in [6.45, 7) is 7.63. The van der Waals surface area contributed by atoms with Crippen molar-refractivity contribution in [1.82, 2.24) is 0 Å². The SMILES string of the molecule is C=C[C@@]1(C)C[C@H](OC(C)=O)CC[C@@H]1CI. The molecule has 0 aromatic rings. The molecule has 2 nitrogen and oxygen atoms in total. The minimum absolute atomic E-state index is 0.0877. The number of carbonyl (C=O) groups excluding carboxylic acids is 1. The standard InChI is InChI=1S/C12H19IO2/c1-4-12(3)7-11(15-9(2)14)6-5-10(12)8-13/h4,10-11H,1,5-8H2,2-3H3/t10-,11-,12+/m1/s1. The molecule has 0 heterocycles. The van der Waals surface area contributed by atoms with Gasteiger partial charge in [-0.05, 0) is 30.6 Å². The normalized spacial score (nSPS) is 35.9. The fourth-order valence-corrected chi connectivity index (χ4v) is 3.76. The molecule has 0 amide bonds. The maximum atomic E-state index is 10.9. The van der Waals surface area contributed by atoms with Gasteiger partial charge in [-0.15, -0.1) is 6.58 Å². The van der Waals surface area contributed by atoms with Gasteiger partial charge in [-0.3, -0.25) is 4.79 Å². The van der Waals surface area contributed by atoms with Gasteiger partial charge in [-0.2, -0.15) is 0 Å². The summed E-state index contributed by atoms with van der Waals surface area (Å²) in [5, 5.41) is 0. The largest absolute Gasteiger partial charge is 0.463 e. The molecule has 0 N–H and O–H groups in total. The number of rotatable bonds is 3. The number of ether oxygens (including phenoxy) is 1. The van der Waals surface area contributed by atoms with E-state index in [1.54, 1.807) is 0 Å². The Kier molecular flexibility index (Phi) is 4.62. The summed E-state index contributed by atoms with van der Waals surface area (Å²) in [6, 6.07) is 0. The second kappa shape index (κ2) is 5.32. The summed E-state index contributed by atoms with van der Waals surface area (Å²) in [7, 11) is 0. The quantitative estimate of drug-likeness (QED) is 0.345. The van der Waals surface area contributed by atoms with Gasteiger partial charge < -0.3 is 4.74 Å². The smallest absolute Gasteiger partial charge is 0.302 e. The lowest BCUT2D eigenvalue weighted by Gasteiger charge is -2.41. The van der Waals surface area contributed by atoms with E-state index in [1.165, 1.54) is 6.92 Å². The van der Waals surface area contributed by atoms with Crippen molar-refractivity contribution >= 4 is 28.6 Å². The first kappa shape index (κ1) is 13.0. The van der Waals surface area contributed by atoms with Crippen molar-refractivity contribution in [3.8, 4) is 0 Å².